The number of aryl methyl sites for hydroxylation is 1. The van der Waals surface area contributed by atoms with E-state index < -0.39 is 24.0 Å². The number of nitrogens with zero attached hydrogens (tertiary/aromatic N) is 1. The minimum atomic E-state index is -4.28. The molecule has 1 heterocycles. The Labute approximate surface area is 143 Å². The first kappa shape index (κ1) is 17.8. The van der Waals surface area contributed by atoms with Gasteiger partial charge in [0.15, 0.2) is 0 Å². The monoisotopic (exact) mass is 355 g/mol. The second kappa shape index (κ2) is 6.35. The van der Waals surface area contributed by atoms with E-state index in [0.717, 1.165) is 12.8 Å². The quantitative estimate of drug-likeness (QED) is 0.899. The number of carboxylic acids is 1. The first-order chi connectivity index (χ1) is 11.7. The molecule has 1 N–H and O–H groups in total. The first-order valence-electron chi connectivity index (χ1n) is 8.40. The maximum atomic E-state index is 12.8. The highest BCUT2D eigenvalue weighted by molar-refractivity contribution is 5.96. The average molecular weight is 355 g/mol. The Morgan fingerprint density at radius 2 is 2.00 bits per heavy atom. The van der Waals surface area contributed by atoms with E-state index in [2.05, 4.69) is 0 Å². The lowest BCUT2D eigenvalue weighted by molar-refractivity contribution is -0.149. The van der Waals surface area contributed by atoms with Crippen LogP contribution in [0.15, 0.2) is 24.3 Å². The molecule has 0 unspecified atom stereocenters. The molecule has 2 fully saturated rings. The molecule has 2 atom stereocenters. The Morgan fingerprint density at radius 1 is 1.28 bits per heavy atom. The molecule has 25 heavy (non-hydrogen) atoms. The van der Waals surface area contributed by atoms with Crippen molar-refractivity contribution in [2.24, 2.45) is 11.3 Å². The molecule has 0 radical (unpaired) electrons. The van der Waals surface area contributed by atoms with E-state index >= 15 is 0 Å². The largest absolute Gasteiger partial charge is 0.481 e. The van der Waals surface area contributed by atoms with Crippen LogP contribution in [0, 0.1) is 11.3 Å². The van der Waals surface area contributed by atoms with E-state index in [0.29, 0.717) is 18.5 Å². The highest BCUT2D eigenvalue weighted by Crippen LogP contribution is 2.49. The minimum Gasteiger partial charge on any atom is -0.481 e. The molecular formula is C18H20F3NO3. The fourth-order valence-electron chi connectivity index (χ4n) is 4.19. The molecule has 1 saturated carbocycles. The number of hydrogen-bond donors (Lipinski definition) is 1. The highest BCUT2D eigenvalue weighted by atomic mass is 19.4. The summed E-state index contributed by atoms with van der Waals surface area (Å²) in [6, 6.07) is 6.28. The van der Waals surface area contributed by atoms with Crippen LogP contribution in [0.3, 0.4) is 0 Å². The number of alkyl halides is 3. The summed E-state index contributed by atoms with van der Waals surface area (Å²) in [4.78, 5) is 26.1. The molecule has 0 aromatic heterocycles. The predicted molar refractivity (Wildman–Crippen MR) is 84.1 cm³/mol. The number of benzene rings is 1. The number of amides is 1. The second-order valence-corrected chi connectivity index (χ2v) is 7.01. The third kappa shape index (κ3) is 3.37. The molecule has 2 aliphatic rings. The van der Waals surface area contributed by atoms with Crippen LogP contribution in [0.25, 0.3) is 0 Å². The van der Waals surface area contributed by atoms with Crippen LogP contribution in [0.4, 0.5) is 13.2 Å². The highest BCUT2D eigenvalue weighted by Gasteiger charge is 2.55. The number of likely N-dealkylation sites (tertiary alicyclic amines) is 1. The van der Waals surface area contributed by atoms with Gasteiger partial charge in [0.2, 0.25) is 0 Å². The molecule has 1 aromatic carbocycles. The van der Waals surface area contributed by atoms with Gasteiger partial charge in [-0.1, -0.05) is 24.6 Å². The summed E-state index contributed by atoms with van der Waals surface area (Å²) in [5, 5.41) is 9.61. The van der Waals surface area contributed by atoms with Crippen molar-refractivity contribution >= 4 is 11.9 Å². The maximum Gasteiger partial charge on any atom is 0.389 e. The van der Waals surface area contributed by atoms with Gasteiger partial charge in [-0.2, -0.15) is 13.2 Å². The van der Waals surface area contributed by atoms with Crippen molar-refractivity contribution in [3.63, 3.8) is 0 Å². The minimum absolute atomic E-state index is 0.0729. The first-order valence-corrected chi connectivity index (χ1v) is 8.40. The van der Waals surface area contributed by atoms with Gasteiger partial charge in [0, 0.05) is 25.1 Å². The lowest BCUT2D eigenvalue weighted by Crippen LogP contribution is -2.37. The van der Waals surface area contributed by atoms with Gasteiger partial charge < -0.3 is 10.0 Å². The predicted octanol–water partition coefficient (Wildman–Crippen LogP) is 3.51. The van der Waals surface area contributed by atoms with Gasteiger partial charge in [0.1, 0.15) is 0 Å². The Bertz CT molecular complexity index is 688. The third-order valence-corrected chi connectivity index (χ3v) is 5.51. The van der Waals surface area contributed by atoms with Crippen LogP contribution in [0.5, 0.6) is 0 Å². The van der Waals surface area contributed by atoms with Gasteiger partial charge in [-0.05, 0) is 36.8 Å². The van der Waals surface area contributed by atoms with Crippen molar-refractivity contribution in [3.8, 4) is 0 Å². The second-order valence-electron chi connectivity index (χ2n) is 7.01. The number of halogens is 3. The number of carboxylic acid groups (broad SMARTS) is 1. The maximum absolute atomic E-state index is 12.8. The topological polar surface area (TPSA) is 57.6 Å². The molecule has 1 saturated heterocycles. The molecule has 136 valence electrons. The van der Waals surface area contributed by atoms with Crippen molar-refractivity contribution in [1.82, 2.24) is 4.90 Å². The SMILES string of the molecule is O=C(c1ccccc1CCC(F)(F)F)N1C[C@@H]2CCC[C@@]2(C(=O)O)C1. The van der Waals surface area contributed by atoms with Crippen LogP contribution >= 0.6 is 0 Å². The lowest BCUT2D eigenvalue weighted by atomic mass is 9.81. The number of aliphatic carboxylic acids is 1. The molecule has 1 amide bonds. The van der Waals surface area contributed by atoms with Gasteiger partial charge in [0.25, 0.3) is 5.91 Å². The van der Waals surface area contributed by atoms with Gasteiger partial charge >= 0.3 is 12.1 Å². The molecule has 0 bridgehead atoms. The standard InChI is InChI=1S/C18H20F3NO3/c19-18(20,21)9-7-12-4-1-2-6-14(12)15(23)22-10-13-5-3-8-17(13,11-22)16(24)25/h1-2,4,6,13H,3,5,7-11H2,(H,24,25)/t13-,17+/m0/s1. The van der Waals surface area contributed by atoms with Crippen LogP contribution < -0.4 is 0 Å². The van der Waals surface area contributed by atoms with Crippen LogP contribution in [0.2, 0.25) is 0 Å². The molecular weight excluding hydrogens is 335 g/mol. The zero-order chi connectivity index (χ0) is 18.2. The van der Waals surface area contributed by atoms with Gasteiger partial charge in [-0.3, -0.25) is 9.59 Å². The van der Waals surface area contributed by atoms with Crippen LogP contribution in [-0.2, 0) is 11.2 Å². The van der Waals surface area contributed by atoms with E-state index in [1.165, 1.54) is 17.0 Å². The van der Waals surface area contributed by atoms with Gasteiger partial charge in [-0.15, -0.1) is 0 Å². The molecule has 7 heteroatoms. The molecule has 0 spiro atoms. The van der Waals surface area contributed by atoms with Gasteiger partial charge in [0.05, 0.1) is 5.41 Å². The van der Waals surface area contributed by atoms with E-state index in [1.54, 1.807) is 12.1 Å². The zero-order valence-corrected chi connectivity index (χ0v) is 13.7. The third-order valence-electron chi connectivity index (χ3n) is 5.51. The molecule has 3 rings (SSSR count). The normalized spacial score (nSPS) is 25.9. The van der Waals surface area contributed by atoms with E-state index in [9.17, 15) is 27.9 Å². The Hall–Kier alpha value is -2.05. The van der Waals surface area contributed by atoms with Crippen LogP contribution in [-0.4, -0.2) is 41.1 Å². The van der Waals surface area contributed by atoms with Crippen molar-refractivity contribution in [2.75, 3.05) is 13.1 Å². The number of carbonyl (C=O) groups is 2. The number of carbonyl (C=O) groups excluding carboxylic acids is 1. The van der Waals surface area contributed by atoms with Gasteiger partial charge in [-0.25, -0.2) is 0 Å². The summed E-state index contributed by atoms with van der Waals surface area (Å²) in [6.07, 6.45) is -3.38. The van der Waals surface area contributed by atoms with E-state index in [1.807, 2.05) is 0 Å². The van der Waals surface area contributed by atoms with E-state index in [-0.39, 0.29) is 30.4 Å². The number of rotatable bonds is 4. The van der Waals surface area contributed by atoms with Crippen molar-refractivity contribution in [3.05, 3.63) is 35.4 Å². The molecule has 1 aliphatic heterocycles. The fourth-order valence-corrected chi connectivity index (χ4v) is 4.19. The zero-order valence-electron chi connectivity index (χ0n) is 13.7. The molecule has 4 nitrogen and oxygen atoms in total. The summed E-state index contributed by atoms with van der Waals surface area (Å²) in [6.45, 7) is 0.498. The summed E-state index contributed by atoms with van der Waals surface area (Å²) in [7, 11) is 0. The number of fused-ring (bicyclic) bond motifs is 1. The molecule has 1 aliphatic carbocycles. The summed E-state index contributed by atoms with van der Waals surface area (Å²) >= 11 is 0. The average Bonchev–Trinajstić information content (AvgIpc) is 3.10. The summed E-state index contributed by atoms with van der Waals surface area (Å²) < 4.78 is 37.5. The number of hydrogen-bond acceptors (Lipinski definition) is 2. The van der Waals surface area contributed by atoms with E-state index in [4.69, 9.17) is 0 Å². The Morgan fingerprint density at radius 3 is 2.64 bits per heavy atom. The smallest absolute Gasteiger partial charge is 0.389 e. The lowest BCUT2D eigenvalue weighted by Gasteiger charge is -2.23. The van der Waals surface area contributed by atoms with Crippen molar-refractivity contribution in [2.45, 2.75) is 38.3 Å². The van der Waals surface area contributed by atoms with Crippen molar-refractivity contribution < 1.29 is 27.9 Å². The summed E-state index contributed by atoms with van der Waals surface area (Å²) in [5.74, 6) is -1.32. The van der Waals surface area contributed by atoms with Crippen LogP contribution in [0.1, 0.15) is 41.6 Å². The Kier molecular flexibility index (Phi) is 4.51. The fraction of sp³-hybridized carbons (Fsp3) is 0.556. The summed E-state index contributed by atoms with van der Waals surface area (Å²) in [5.41, 5.74) is -0.296. The molecule has 1 aromatic rings. The van der Waals surface area contributed by atoms with Crippen molar-refractivity contribution in [1.29, 1.82) is 0 Å². The Balaban J connectivity index is 1.80.